The van der Waals surface area contributed by atoms with Gasteiger partial charge in [0.25, 0.3) is 0 Å². The van der Waals surface area contributed by atoms with Gasteiger partial charge in [0.1, 0.15) is 0 Å². The zero-order valence-electron chi connectivity index (χ0n) is 7.85. The molecular weight excluding hydrogens is 214 g/mol. The summed E-state index contributed by atoms with van der Waals surface area (Å²) in [6, 6.07) is 6.15. The van der Waals surface area contributed by atoms with Gasteiger partial charge in [-0.15, -0.1) is 0 Å². The predicted octanol–water partition coefficient (Wildman–Crippen LogP) is 4.18. The molecular formula is C11H12ClNS. The Hall–Kier alpha value is -0.340. The summed E-state index contributed by atoms with van der Waals surface area (Å²) in [6.07, 6.45) is 5.20. The van der Waals surface area contributed by atoms with Gasteiger partial charge in [0.15, 0.2) is 0 Å². The lowest BCUT2D eigenvalue weighted by molar-refractivity contribution is 0.664. The molecule has 0 atom stereocenters. The first-order valence-corrected chi connectivity index (χ1v) is 6.24. The van der Waals surface area contributed by atoms with Crippen molar-refractivity contribution in [2.45, 2.75) is 30.4 Å². The van der Waals surface area contributed by atoms with Crippen molar-refractivity contribution in [3.05, 3.63) is 28.8 Å². The number of fused-ring (bicyclic) bond motifs is 2. The van der Waals surface area contributed by atoms with E-state index in [0.717, 1.165) is 5.02 Å². The third-order valence-corrected chi connectivity index (χ3v) is 4.88. The Morgan fingerprint density at radius 2 is 2.07 bits per heavy atom. The van der Waals surface area contributed by atoms with Gasteiger partial charge >= 0.3 is 0 Å². The molecule has 0 radical (unpaired) electrons. The largest absolute Gasteiger partial charge is 0.329 e. The standard InChI is InChI=1S/C11H12ClNS/c12-8-4-3-5-9-10(8)11(14-13-9)6-1-2-7-11/h3-5,13H,1-2,6-7H2. The van der Waals surface area contributed by atoms with E-state index in [1.807, 2.05) is 24.1 Å². The summed E-state index contributed by atoms with van der Waals surface area (Å²) in [5.41, 5.74) is 2.58. The number of anilines is 1. The smallest absolute Gasteiger partial charge is 0.0641 e. The SMILES string of the molecule is Clc1cccc2c1C1(CCCC1)SN2. The number of benzene rings is 1. The molecule has 3 rings (SSSR count). The van der Waals surface area contributed by atoms with E-state index in [-0.39, 0.29) is 4.75 Å². The van der Waals surface area contributed by atoms with Crippen molar-refractivity contribution in [3.63, 3.8) is 0 Å². The molecule has 1 nitrogen and oxygen atoms in total. The lowest BCUT2D eigenvalue weighted by Gasteiger charge is -2.21. The minimum absolute atomic E-state index is 0.285. The van der Waals surface area contributed by atoms with E-state index >= 15 is 0 Å². The molecule has 2 aliphatic rings. The molecule has 1 aliphatic heterocycles. The average Bonchev–Trinajstić information content (AvgIpc) is 2.77. The molecule has 3 heteroatoms. The van der Waals surface area contributed by atoms with Crippen LogP contribution in [-0.2, 0) is 4.75 Å². The molecule has 1 heterocycles. The minimum atomic E-state index is 0.285. The maximum absolute atomic E-state index is 6.29. The van der Waals surface area contributed by atoms with E-state index in [9.17, 15) is 0 Å². The van der Waals surface area contributed by atoms with Crippen molar-refractivity contribution in [2.24, 2.45) is 0 Å². The number of halogens is 1. The maximum Gasteiger partial charge on any atom is 0.0641 e. The van der Waals surface area contributed by atoms with Crippen molar-refractivity contribution in [2.75, 3.05) is 4.72 Å². The van der Waals surface area contributed by atoms with E-state index in [1.165, 1.54) is 36.9 Å². The van der Waals surface area contributed by atoms with Gasteiger partial charge in [-0.3, -0.25) is 0 Å². The summed E-state index contributed by atoms with van der Waals surface area (Å²) in [5, 5.41) is 0.932. The number of nitrogens with one attached hydrogen (secondary N) is 1. The highest BCUT2D eigenvalue weighted by molar-refractivity contribution is 8.01. The van der Waals surface area contributed by atoms with Crippen LogP contribution in [0.3, 0.4) is 0 Å². The second-order valence-electron chi connectivity index (χ2n) is 4.07. The Morgan fingerprint density at radius 3 is 2.86 bits per heavy atom. The highest BCUT2D eigenvalue weighted by Gasteiger charge is 2.43. The molecule has 1 N–H and O–H groups in total. The zero-order valence-corrected chi connectivity index (χ0v) is 9.42. The van der Waals surface area contributed by atoms with Gasteiger partial charge in [0, 0.05) is 10.6 Å². The minimum Gasteiger partial charge on any atom is -0.329 e. The summed E-state index contributed by atoms with van der Waals surface area (Å²) in [4.78, 5) is 0. The highest BCUT2D eigenvalue weighted by Crippen LogP contribution is 2.58. The molecule has 0 bridgehead atoms. The third-order valence-electron chi connectivity index (χ3n) is 3.24. The van der Waals surface area contributed by atoms with Gasteiger partial charge in [-0.1, -0.05) is 30.5 Å². The molecule has 0 aromatic heterocycles. The average molecular weight is 226 g/mol. The molecule has 1 spiro atoms. The first-order valence-electron chi connectivity index (χ1n) is 5.05. The molecule has 1 aliphatic carbocycles. The number of hydrogen-bond donors (Lipinski definition) is 1. The van der Waals surface area contributed by atoms with Crippen LogP contribution < -0.4 is 4.72 Å². The molecule has 14 heavy (non-hydrogen) atoms. The van der Waals surface area contributed by atoms with Crippen LogP contribution >= 0.6 is 23.5 Å². The third kappa shape index (κ3) is 1.10. The molecule has 1 aromatic rings. The van der Waals surface area contributed by atoms with Crippen molar-refractivity contribution in [3.8, 4) is 0 Å². The van der Waals surface area contributed by atoms with Crippen LogP contribution in [0.4, 0.5) is 5.69 Å². The Labute approximate surface area is 93.4 Å². The van der Waals surface area contributed by atoms with Gasteiger partial charge in [0.2, 0.25) is 0 Å². The summed E-state index contributed by atoms with van der Waals surface area (Å²) >= 11 is 8.15. The van der Waals surface area contributed by atoms with E-state index in [4.69, 9.17) is 11.6 Å². The van der Waals surface area contributed by atoms with Gasteiger partial charge in [-0.2, -0.15) is 0 Å². The van der Waals surface area contributed by atoms with Crippen molar-refractivity contribution in [1.82, 2.24) is 0 Å². The second kappa shape index (κ2) is 3.07. The van der Waals surface area contributed by atoms with Gasteiger partial charge in [0.05, 0.1) is 10.4 Å². The van der Waals surface area contributed by atoms with E-state index in [2.05, 4.69) is 10.8 Å². The van der Waals surface area contributed by atoms with E-state index in [0.29, 0.717) is 0 Å². The Balaban J connectivity index is 2.16. The summed E-state index contributed by atoms with van der Waals surface area (Å²) in [6.45, 7) is 0. The molecule has 74 valence electrons. The fraction of sp³-hybridized carbons (Fsp3) is 0.455. The second-order valence-corrected chi connectivity index (χ2v) is 5.66. The molecule has 0 saturated heterocycles. The van der Waals surface area contributed by atoms with Crippen LogP contribution in [0.25, 0.3) is 0 Å². The van der Waals surface area contributed by atoms with Crippen LogP contribution in [0.5, 0.6) is 0 Å². The van der Waals surface area contributed by atoms with E-state index in [1.54, 1.807) is 0 Å². The molecule has 1 aromatic carbocycles. The normalized spacial score (nSPS) is 22.4. The molecule has 0 amide bonds. The van der Waals surface area contributed by atoms with Gasteiger partial charge < -0.3 is 4.72 Å². The van der Waals surface area contributed by atoms with Crippen molar-refractivity contribution >= 4 is 29.2 Å². The van der Waals surface area contributed by atoms with Crippen LogP contribution in [0.2, 0.25) is 5.02 Å². The lowest BCUT2D eigenvalue weighted by atomic mass is 9.95. The first-order chi connectivity index (χ1) is 6.82. The molecule has 1 fully saturated rings. The van der Waals surface area contributed by atoms with Crippen LogP contribution in [0, 0.1) is 0 Å². The van der Waals surface area contributed by atoms with Crippen LogP contribution in [0.1, 0.15) is 31.2 Å². The van der Waals surface area contributed by atoms with Gasteiger partial charge in [-0.05, 0) is 36.9 Å². The van der Waals surface area contributed by atoms with Crippen molar-refractivity contribution < 1.29 is 0 Å². The van der Waals surface area contributed by atoms with Gasteiger partial charge in [-0.25, -0.2) is 0 Å². The van der Waals surface area contributed by atoms with E-state index < -0.39 is 0 Å². The first kappa shape index (κ1) is 8.93. The van der Waals surface area contributed by atoms with Crippen LogP contribution in [0.15, 0.2) is 18.2 Å². The fourth-order valence-electron chi connectivity index (χ4n) is 2.57. The zero-order chi connectivity index (χ0) is 9.60. The lowest BCUT2D eigenvalue weighted by Crippen LogP contribution is -2.13. The quantitative estimate of drug-likeness (QED) is 0.665. The van der Waals surface area contributed by atoms with Crippen molar-refractivity contribution in [1.29, 1.82) is 0 Å². The maximum atomic E-state index is 6.29. The topological polar surface area (TPSA) is 12.0 Å². The van der Waals surface area contributed by atoms with Crippen LogP contribution in [-0.4, -0.2) is 0 Å². The summed E-state index contributed by atoms with van der Waals surface area (Å²) in [5.74, 6) is 0. The molecule has 0 unspecified atom stereocenters. The highest BCUT2D eigenvalue weighted by atomic mass is 35.5. The monoisotopic (exact) mass is 225 g/mol. The summed E-state index contributed by atoms with van der Waals surface area (Å²) in [7, 11) is 0. The predicted molar refractivity (Wildman–Crippen MR) is 62.8 cm³/mol. The Morgan fingerprint density at radius 1 is 1.29 bits per heavy atom. The summed E-state index contributed by atoms with van der Waals surface area (Å²) < 4.78 is 3.69. The number of hydrogen-bond acceptors (Lipinski definition) is 2. The fourth-order valence-corrected chi connectivity index (χ4v) is 4.28. The Bertz CT molecular complexity index is 372. The Kier molecular flexibility index (Phi) is 1.96. The molecule has 1 saturated carbocycles. The number of rotatable bonds is 0.